The zero-order valence-corrected chi connectivity index (χ0v) is 19.6. The van der Waals surface area contributed by atoms with Gasteiger partial charge in [0.2, 0.25) is 11.8 Å². The van der Waals surface area contributed by atoms with Gasteiger partial charge in [-0.2, -0.15) is 0 Å². The predicted molar refractivity (Wildman–Crippen MR) is 130 cm³/mol. The number of para-hydroxylation sites is 1. The van der Waals surface area contributed by atoms with Gasteiger partial charge in [0.15, 0.2) is 0 Å². The molecule has 8 heteroatoms. The Hall–Kier alpha value is -3.78. The van der Waals surface area contributed by atoms with Crippen molar-refractivity contribution in [3.05, 3.63) is 66.4 Å². The van der Waals surface area contributed by atoms with Crippen LogP contribution in [0.3, 0.4) is 0 Å². The maximum Gasteiger partial charge on any atom is 0.231 e. The van der Waals surface area contributed by atoms with Gasteiger partial charge in [-0.15, -0.1) is 0 Å². The number of anilines is 1. The third-order valence-corrected chi connectivity index (χ3v) is 7.43. The van der Waals surface area contributed by atoms with Crippen LogP contribution >= 0.6 is 0 Å². The molecule has 0 unspecified atom stereocenters. The van der Waals surface area contributed by atoms with Crippen molar-refractivity contribution in [3.8, 4) is 11.5 Å². The number of rotatable bonds is 7. The van der Waals surface area contributed by atoms with Crippen LogP contribution in [0.1, 0.15) is 5.56 Å². The van der Waals surface area contributed by atoms with Crippen LogP contribution in [0, 0.1) is 11.8 Å². The predicted octanol–water partition coefficient (Wildman–Crippen LogP) is 3.15. The third-order valence-electron chi connectivity index (χ3n) is 7.43. The van der Waals surface area contributed by atoms with Crippen LogP contribution in [0.5, 0.6) is 11.5 Å². The van der Waals surface area contributed by atoms with E-state index < -0.39 is 23.5 Å². The van der Waals surface area contributed by atoms with Gasteiger partial charge < -0.3 is 29.4 Å². The van der Waals surface area contributed by atoms with Gasteiger partial charge in [-0.05, 0) is 18.1 Å². The van der Waals surface area contributed by atoms with Crippen LogP contribution in [0.15, 0.2) is 60.8 Å². The number of nitrogens with one attached hydrogen (secondary N) is 2. The lowest BCUT2D eigenvalue weighted by Gasteiger charge is -2.23. The maximum atomic E-state index is 13.5. The minimum Gasteiger partial charge on any atom is -0.497 e. The Kier molecular flexibility index (Phi) is 5.07. The van der Waals surface area contributed by atoms with Gasteiger partial charge in [-0.25, -0.2) is 0 Å². The first kappa shape index (κ1) is 21.7. The molecule has 2 bridgehead atoms. The molecular formula is C27H27N3O5. The number of amides is 2. The van der Waals surface area contributed by atoms with E-state index in [4.69, 9.17) is 14.2 Å². The van der Waals surface area contributed by atoms with E-state index in [1.807, 2.05) is 41.4 Å². The molecule has 2 fully saturated rings. The molecule has 3 aliphatic heterocycles. The van der Waals surface area contributed by atoms with Crippen LogP contribution in [0.2, 0.25) is 0 Å². The molecule has 8 nitrogen and oxygen atoms in total. The van der Waals surface area contributed by atoms with Crippen molar-refractivity contribution in [1.82, 2.24) is 9.88 Å². The highest BCUT2D eigenvalue weighted by atomic mass is 16.5. The number of aromatic nitrogens is 1. The number of nitrogens with zero attached hydrogens (tertiary/aromatic N) is 1. The summed E-state index contributed by atoms with van der Waals surface area (Å²) in [6.45, 7) is 1.03. The number of fused-ring (bicyclic) bond motifs is 2. The lowest BCUT2D eigenvalue weighted by atomic mass is 9.77. The topological polar surface area (TPSA) is 92.9 Å². The monoisotopic (exact) mass is 473 g/mol. The second-order valence-electron chi connectivity index (χ2n) is 9.36. The van der Waals surface area contributed by atoms with Crippen molar-refractivity contribution in [2.24, 2.45) is 11.8 Å². The number of likely N-dealkylation sites (tertiary alicyclic amines) is 1. The fourth-order valence-corrected chi connectivity index (χ4v) is 5.77. The van der Waals surface area contributed by atoms with Gasteiger partial charge in [0.05, 0.1) is 38.7 Å². The van der Waals surface area contributed by atoms with Crippen LogP contribution in [0.25, 0.3) is 10.9 Å². The van der Waals surface area contributed by atoms with Crippen molar-refractivity contribution < 1.29 is 23.8 Å². The molecule has 2 N–H and O–H groups in total. The van der Waals surface area contributed by atoms with Crippen molar-refractivity contribution >= 4 is 28.4 Å². The summed E-state index contributed by atoms with van der Waals surface area (Å²) in [5, 5.41) is 4.12. The van der Waals surface area contributed by atoms with E-state index in [0.717, 1.165) is 11.9 Å². The van der Waals surface area contributed by atoms with E-state index in [-0.39, 0.29) is 11.8 Å². The minimum atomic E-state index is -0.740. The molecule has 0 radical (unpaired) electrons. The number of carbonyl (C=O) groups is 2. The largest absolute Gasteiger partial charge is 0.497 e. The molecule has 3 aromatic rings. The zero-order valence-electron chi connectivity index (χ0n) is 19.6. The standard InChI is InChI=1S/C27H27N3O5/c1-33-18-11-17(12-19(13-18)34-2)29-25(31)23-22-7-9-27(35-22)15-30(26(32)24(23)27)10-8-16-14-28-21-6-4-3-5-20(16)21/h3-7,9,11-14,22-24,28H,8,10,15H2,1-2H3,(H,29,31)/t22-,23-,24+,27+/m1/s1. The molecule has 0 aliphatic carbocycles. The molecule has 6 rings (SSSR count). The number of hydrogen-bond acceptors (Lipinski definition) is 5. The first-order chi connectivity index (χ1) is 17.0. The average Bonchev–Trinajstić information content (AvgIpc) is 3.62. The van der Waals surface area contributed by atoms with Gasteiger partial charge in [-0.1, -0.05) is 30.4 Å². The van der Waals surface area contributed by atoms with Gasteiger partial charge >= 0.3 is 0 Å². The highest BCUT2D eigenvalue weighted by Crippen LogP contribution is 2.52. The third kappa shape index (κ3) is 3.47. The van der Waals surface area contributed by atoms with Crippen LogP contribution in [-0.4, -0.2) is 60.7 Å². The van der Waals surface area contributed by atoms with E-state index in [9.17, 15) is 9.59 Å². The smallest absolute Gasteiger partial charge is 0.231 e. The van der Waals surface area contributed by atoms with Crippen molar-refractivity contribution in [3.63, 3.8) is 0 Å². The Labute approximate surface area is 202 Å². The molecule has 2 amide bonds. The molecule has 4 heterocycles. The van der Waals surface area contributed by atoms with E-state index in [1.165, 1.54) is 10.9 Å². The summed E-state index contributed by atoms with van der Waals surface area (Å²) in [6, 6.07) is 13.3. The molecule has 35 heavy (non-hydrogen) atoms. The van der Waals surface area contributed by atoms with E-state index in [2.05, 4.69) is 16.4 Å². The van der Waals surface area contributed by atoms with Crippen molar-refractivity contribution in [2.45, 2.75) is 18.1 Å². The van der Waals surface area contributed by atoms with Gasteiger partial charge in [0.1, 0.15) is 17.1 Å². The average molecular weight is 474 g/mol. The van der Waals surface area contributed by atoms with Crippen LogP contribution in [-0.2, 0) is 20.7 Å². The van der Waals surface area contributed by atoms with Crippen LogP contribution < -0.4 is 14.8 Å². The SMILES string of the molecule is COc1cc(NC(=O)[C@H]2[C@H]3C(=O)N(CCc4c[nH]c5ccccc45)C[C@@]34C=C[C@H]2O4)cc(OC)c1. The van der Waals surface area contributed by atoms with E-state index in [1.54, 1.807) is 32.4 Å². The molecule has 0 saturated carbocycles. The second-order valence-corrected chi connectivity index (χ2v) is 9.36. The molecule has 2 saturated heterocycles. The highest BCUT2D eigenvalue weighted by molar-refractivity contribution is 5.99. The number of benzene rings is 2. The number of aromatic amines is 1. The minimum absolute atomic E-state index is 0.0277. The summed E-state index contributed by atoms with van der Waals surface area (Å²) in [7, 11) is 3.11. The maximum absolute atomic E-state index is 13.5. The summed E-state index contributed by atoms with van der Waals surface area (Å²) in [6.07, 6.45) is 6.22. The summed E-state index contributed by atoms with van der Waals surface area (Å²) in [4.78, 5) is 32.1. The number of H-pyrrole nitrogens is 1. The molecule has 3 aliphatic rings. The summed E-state index contributed by atoms with van der Waals surface area (Å²) in [5.41, 5.74) is 2.07. The first-order valence-corrected chi connectivity index (χ1v) is 11.8. The number of hydrogen-bond donors (Lipinski definition) is 2. The zero-order chi connectivity index (χ0) is 24.2. The fraction of sp³-hybridized carbons (Fsp3) is 0.333. The molecule has 4 atom stereocenters. The highest BCUT2D eigenvalue weighted by Gasteiger charge is 2.66. The Morgan fingerprint density at radius 3 is 2.74 bits per heavy atom. The van der Waals surface area contributed by atoms with Crippen molar-refractivity contribution in [1.29, 1.82) is 0 Å². The second kappa shape index (κ2) is 8.16. The summed E-state index contributed by atoms with van der Waals surface area (Å²) in [5.74, 6) is -0.259. The Morgan fingerprint density at radius 1 is 1.20 bits per heavy atom. The molecule has 1 aromatic heterocycles. The van der Waals surface area contributed by atoms with Crippen LogP contribution in [0.4, 0.5) is 5.69 Å². The van der Waals surface area contributed by atoms with E-state index in [0.29, 0.717) is 30.3 Å². The molecule has 2 aromatic carbocycles. The number of methoxy groups -OCH3 is 2. The lowest BCUT2D eigenvalue weighted by molar-refractivity contribution is -0.135. The molecule has 180 valence electrons. The first-order valence-electron chi connectivity index (χ1n) is 11.8. The quantitative estimate of drug-likeness (QED) is 0.515. The summed E-state index contributed by atoms with van der Waals surface area (Å²) >= 11 is 0. The van der Waals surface area contributed by atoms with Gasteiger partial charge in [-0.3, -0.25) is 9.59 Å². The van der Waals surface area contributed by atoms with Gasteiger partial charge in [0, 0.05) is 47.5 Å². The van der Waals surface area contributed by atoms with E-state index >= 15 is 0 Å². The molecule has 1 spiro atoms. The normalized spacial score (nSPS) is 26.4. The Bertz CT molecular complexity index is 1330. The number of ether oxygens (including phenoxy) is 3. The summed E-state index contributed by atoms with van der Waals surface area (Å²) < 4.78 is 16.9. The Balaban J connectivity index is 1.20. The lowest BCUT2D eigenvalue weighted by Crippen LogP contribution is -2.41. The molecular weight excluding hydrogens is 446 g/mol. The number of carbonyl (C=O) groups excluding carboxylic acids is 2. The van der Waals surface area contributed by atoms with Crippen molar-refractivity contribution in [2.75, 3.05) is 32.6 Å². The fourth-order valence-electron chi connectivity index (χ4n) is 5.77. The Morgan fingerprint density at radius 2 is 1.97 bits per heavy atom. The van der Waals surface area contributed by atoms with Gasteiger partial charge in [0.25, 0.3) is 0 Å².